The predicted molar refractivity (Wildman–Crippen MR) is 137 cm³/mol. The molecule has 1 unspecified atom stereocenters. The number of fused-ring (bicyclic) bond motifs is 4. The van der Waals surface area contributed by atoms with Gasteiger partial charge in [0.15, 0.2) is 5.17 Å². The van der Waals surface area contributed by atoms with Crippen LogP contribution in [0.2, 0.25) is 5.02 Å². The van der Waals surface area contributed by atoms with Crippen LogP contribution in [0.25, 0.3) is 11.9 Å². The molecule has 2 fully saturated rings. The summed E-state index contributed by atoms with van der Waals surface area (Å²) >= 11 is 7.53. The van der Waals surface area contributed by atoms with Gasteiger partial charge in [-0.2, -0.15) is 0 Å². The van der Waals surface area contributed by atoms with E-state index in [1.165, 1.54) is 36.2 Å². The van der Waals surface area contributed by atoms with E-state index < -0.39 is 0 Å². The molecule has 2 aliphatic heterocycles. The van der Waals surface area contributed by atoms with Crippen LogP contribution >= 0.6 is 23.4 Å². The number of benzene rings is 1. The molecule has 0 bridgehead atoms. The molecule has 1 aromatic carbocycles. The topological polar surface area (TPSA) is 71.6 Å². The standard InChI is InChI=1S/C21H19ClFN3S.C5H9NO/c1-11-18-20(11,2)27-19(24)26-21(18)9-13-4-3-12(7-15(13)21)8-16(23)17-6-5-14(22)10-25-17;7-5-6-3-1-2-4-6/h3-8,10-11,18H,9H2,1-2H3,(H2,24,26);5H,1-4H2/b16-8-;/t11-,18?,20-,21+;/m0./s1. The van der Waals surface area contributed by atoms with Crippen molar-refractivity contribution < 1.29 is 9.18 Å². The normalized spacial score (nSPS) is 31.0. The second-order valence-electron chi connectivity index (χ2n) is 9.72. The molecule has 1 saturated heterocycles. The highest BCUT2D eigenvalue weighted by molar-refractivity contribution is 8.15. The van der Waals surface area contributed by atoms with Gasteiger partial charge < -0.3 is 10.6 Å². The van der Waals surface area contributed by atoms with Crippen molar-refractivity contribution in [2.45, 2.75) is 43.4 Å². The van der Waals surface area contributed by atoms with E-state index in [2.05, 4.69) is 31.0 Å². The van der Waals surface area contributed by atoms with Crippen molar-refractivity contribution in [3.05, 3.63) is 63.9 Å². The first kappa shape index (κ1) is 23.4. The van der Waals surface area contributed by atoms with Gasteiger partial charge in [0.2, 0.25) is 6.41 Å². The smallest absolute Gasteiger partial charge is 0.209 e. The van der Waals surface area contributed by atoms with Crippen molar-refractivity contribution in [1.82, 2.24) is 9.88 Å². The molecule has 34 heavy (non-hydrogen) atoms. The highest BCUT2D eigenvalue weighted by Gasteiger charge is 2.72. The molecule has 8 heteroatoms. The predicted octanol–water partition coefficient (Wildman–Crippen LogP) is 5.28. The summed E-state index contributed by atoms with van der Waals surface area (Å²) in [6.45, 7) is 6.51. The molecule has 2 N–H and O–H groups in total. The number of nitrogens with zero attached hydrogens (tertiary/aromatic N) is 3. The number of pyridine rings is 1. The number of halogens is 2. The van der Waals surface area contributed by atoms with Crippen LogP contribution in [0.1, 0.15) is 49.1 Å². The van der Waals surface area contributed by atoms with Gasteiger partial charge in [0.05, 0.1) is 16.3 Å². The highest BCUT2D eigenvalue weighted by Crippen LogP contribution is 2.72. The van der Waals surface area contributed by atoms with Gasteiger partial charge in [-0.3, -0.25) is 14.8 Å². The summed E-state index contributed by atoms with van der Waals surface area (Å²) in [7, 11) is 0. The Kier molecular flexibility index (Phi) is 5.97. The molecule has 178 valence electrons. The number of likely N-dealkylation sites (tertiary alicyclic amines) is 1. The molecule has 3 heterocycles. The first-order valence-corrected chi connectivity index (χ1v) is 12.8. The molecule has 5 nitrogen and oxygen atoms in total. The maximum Gasteiger partial charge on any atom is 0.209 e. The van der Waals surface area contributed by atoms with Gasteiger partial charge in [-0.05, 0) is 66.6 Å². The lowest BCUT2D eigenvalue weighted by molar-refractivity contribution is -0.117. The number of amides is 1. The van der Waals surface area contributed by atoms with Crippen molar-refractivity contribution in [1.29, 1.82) is 0 Å². The fourth-order valence-corrected chi connectivity index (χ4v) is 7.29. The van der Waals surface area contributed by atoms with Gasteiger partial charge in [0.1, 0.15) is 5.83 Å². The number of thioether (sulfide) groups is 1. The average molecular weight is 499 g/mol. The minimum absolute atomic E-state index is 0.161. The van der Waals surface area contributed by atoms with Crippen molar-refractivity contribution in [2.24, 2.45) is 22.6 Å². The van der Waals surface area contributed by atoms with Crippen LogP contribution in [0.5, 0.6) is 0 Å². The summed E-state index contributed by atoms with van der Waals surface area (Å²) in [4.78, 5) is 20.7. The molecular formula is C26H28ClFN4OS. The molecule has 1 saturated carbocycles. The summed E-state index contributed by atoms with van der Waals surface area (Å²) in [6, 6.07) is 9.30. The number of aliphatic imine (C=N–C) groups is 1. The maximum atomic E-state index is 14.6. The van der Waals surface area contributed by atoms with Gasteiger partial charge in [-0.1, -0.05) is 42.4 Å². The van der Waals surface area contributed by atoms with Crippen LogP contribution in [0.15, 0.2) is 41.5 Å². The molecule has 0 radical (unpaired) electrons. The minimum atomic E-state index is -0.383. The highest BCUT2D eigenvalue weighted by atomic mass is 35.5. The van der Waals surface area contributed by atoms with E-state index in [-0.39, 0.29) is 21.8 Å². The van der Waals surface area contributed by atoms with Gasteiger partial charge >= 0.3 is 0 Å². The molecular weight excluding hydrogens is 471 g/mol. The Morgan fingerprint density at radius 2 is 2.06 bits per heavy atom. The molecule has 4 aliphatic rings. The minimum Gasteiger partial charge on any atom is -0.378 e. The lowest BCUT2D eigenvalue weighted by Crippen LogP contribution is -2.45. The summed E-state index contributed by atoms with van der Waals surface area (Å²) < 4.78 is 14.8. The zero-order chi connectivity index (χ0) is 24.1. The van der Waals surface area contributed by atoms with Crippen LogP contribution in [0.3, 0.4) is 0 Å². The number of hydrogen-bond acceptors (Lipinski definition) is 5. The lowest BCUT2D eigenvalue weighted by Gasteiger charge is -2.45. The summed E-state index contributed by atoms with van der Waals surface area (Å²) in [5, 5.41) is 1.16. The van der Waals surface area contributed by atoms with E-state index >= 15 is 0 Å². The zero-order valence-corrected chi connectivity index (χ0v) is 20.9. The van der Waals surface area contributed by atoms with E-state index in [0.29, 0.717) is 22.0 Å². The summed E-state index contributed by atoms with van der Waals surface area (Å²) in [5.41, 5.74) is 9.49. The number of carbonyl (C=O) groups is 1. The number of amidine groups is 1. The third kappa shape index (κ3) is 3.93. The molecule has 4 atom stereocenters. The fourth-order valence-electron chi connectivity index (χ4n) is 5.74. The molecule has 2 aliphatic carbocycles. The Hall–Kier alpha value is -2.38. The lowest BCUT2D eigenvalue weighted by atomic mass is 9.66. The monoisotopic (exact) mass is 498 g/mol. The first-order chi connectivity index (χ1) is 16.3. The van der Waals surface area contributed by atoms with E-state index in [0.717, 1.165) is 31.5 Å². The van der Waals surface area contributed by atoms with Crippen LogP contribution < -0.4 is 5.73 Å². The first-order valence-electron chi connectivity index (χ1n) is 11.6. The maximum absolute atomic E-state index is 14.6. The van der Waals surface area contributed by atoms with Crippen LogP contribution in [-0.4, -0.2) is 39.3 Å². The second kappa shape index (κ2) is 8.68. The van der Waals surface area contributed by atoms with Crippen LogP contribution in [0, 0.1) is 11.8 Å². The number of rotatable bonds is 3. The van der Waals surface area contributed by atoms with Crippen molar-refractivity contribution >= 4 is 46.8 Å². The van der Waals surface area contributed by atoms with Crippen molar-refractivity contribution in [2.75, 3.05) is 13.1 Å². The van der Waals surface area contributed by atoms with Crippen LogP contribution in [0.4, 0.5) is 4.39 Å². The third-order valence-corrected chi connectivity index (χ3v) is 9.27. The Balaban J connectivity index is 0.000000297. The van der Waals surface area contributed by atoms with Gasteiger partial charge in [0.25, 0.3) is 0 Å². The van der Waals surface area contributed by atoms with Crippen molar-refractivity contribution in [3.8, 4) is 0 Å². The van der Waals surface area contributed by atoms with Crippen LogP contribution in [-0.2, 0) is 16.8 Å². The largest absolute Gasteiger partial charge is 0.378 e. The fraction of sp³-hybridized carbons (Fsp3) is 0.423. The SMILES string of the molecule is C[C@H]1C2[C@]3(Cc4ccc(/C=C(\F)c5ccc(Cl)cn5)cc43)N=C(N)S[C@]21C.O=CN1CCCC1. The molecule has 6 rings (SSSR count). The molecule has 1 spiro atoms. The number of nitrogens with two attached hydrogens (primary N) is 1. The number of hydrogen-bond donors (Lipinski definition) is 1. The Morgan fingerprint density at radius 3 is 2.71 bits per heavy atom. The van der Waals surface area contributed by atoms with E-state index in [1.807, 2.05) is 6.07 Å². The number of aromatic nitrogens is 1. The summed E-state index contributed by atoms with van der Waals surface area (Å²) in [5.74, 6) is 0.665. The van der Waals surface area contributed by atoms with E-state index in [9.17, 15) is 9.18 Å². The molecule has 1 amide bonds. The Labute approximate surface area is 208 Å². The van der Waals surface area contributed by atoms with E-state index in [1.54, 1.807) is 28.8 Å². The van der Waals surface area contributed by atoms with Gasteiger partial charge in [0, 0.05) is 36.4 Å². The van der Waals surface area contributed by atoms with Gasteiger partial charge in [-0.15, -0.1) is 0 Å². The van der Waals surface area contributed by atoms with Gasteiger partial charge in [-0.25, -0.2) is 4.39 Å². The second-order valence-corrected chi connectivity index (χ2v) is 11.7. The Morgan fingerprint density at radius 1 is 1.29 bits per heavy atom. The molecule has 1 aromatic heterocycles. The van der Waals surface area contributed by atoms with Crippen molar-refractivity contribution in [3.63, 3.8) is 0 Å². The van der Waals surface area contributed by atoms with E-state index in [4.69, 9.17) is 22.3 Å². The quantitative estimate of drug-likeness (QED) is 0.584. The number of carbonyl (C=O) groups excluding carboxylic acids is 1. The average Bonchev–Trinajstić information content (AvgIpc) is 3.16. The Bertz CT molecular complexity index is 1180. The third-order valence-electron chi connectivity index (χ3n) is 7.68. The summed E-state index contributed by atoms with van der Waals surface area (Å²) in [6.07, 6.45) is 7.19. The zero-order valence-electron chi connectivity index (χ0n) is 19.3. The molecule has 2 aromatic rings.